The summed E-state index contributed by atoms with van der Waals surface area (Å²) in [6.45, 7) is 2.28. The molecule has 0 amide bonds. The molecule has 2 aliphatic rings. The summed E-state index contributed by atoms with van der Waals surface area (Å²) in [5.74, 6) is 4.13. The van der Waals surface area contributed by atoms with Gasteiger partial charge in [0.2, 0.25) is 0 Å². The van der Waals surface area contributed by atoms with Gasteiger partial charge in [0, 0.05) is 0 Å². The molecule has 2 fully saturated rings. The van der Waals surface area contributed by atoms with E-state index < -0.39 is 15.6 Å². The van der Waals surface area contributed by atoms with Gasteiger partial charge in [-0.15, -0.1) is 0 Å². The summed E-state index contributed by atoms with van der Waals surface area (Å²) in [6.07, 6.45) is 2.97. The van der Waals surface area contributed by atoms with Crippen molar-refractivity contribution in [1.82, 2.24) is 0 Å². The third-order valence-corrected chi connectivity index (χ3v) is 37.6. The minimum atomic E-state index is -1.21. The van der Waals surface area contributed by atoms with E-state index in [2.05, 4.69) is 69.0 Å². The molecule has 2 atom stereocenters. The Bertz CT molecular complexity index is 180. The molecule has 2 rings (SSSR count). The van der Waals surface area contributed by atoms with Crippen molar-refractivity contribution in [3.8, 4) is 0 Å². The van der Waals surface area contributed by atoms with Crippen molar-refractivity contribution in [3.05, 3.63) is 0 Å². The van der Waals surface area contributed by atoms with Crippen LogP contribution in [0.15, 0.2) is 0 Å². The standard InChI is InChI=1S/2C3H6S2.C3H8S2.Sn/c2*4-3-1-2-5-3;1-2-5-3-4;/h2*3-4H,1-2H2;4H,2-3H2,1H3;/q;;;+3/p-3. The molecule has 0 nitrogen and oxygen atoms in total. The van der Waals surface area contributed by atoms with Crippen molar-refractivity contribution in [2.24, 2.45) is 0 Å². The van der Waals surface area contributed by atoms with Crippen LogP contribution in [-0.2, 0) is 0 Å². The molecule has 0 N–H and O–H groups in total. The average molecular weight is 436 g/mol. The van der Waals surface area contributed by atoms with E-state index in [1.54, 1.807) is 0 Å². The molecule has 0 bridgehead atoms. The summed E-state index contributed by atoms with van der Waals surface area (Å²) in [6, 6.07) is 0. The van der Waals surface area contributed by atoms with Crippen molar-refractivity contribution >= 4 is 77.7 Å². The van der Waals surface area contributed by atoms with Gasteiger partial charge in [-0.2, -0.15) is 0 Å². The fourth-order valence-electron chi connectivity index (χ4n) is 1.10. The molecule has 93 valence electrons. The van der Waals surface area contributed by atoms with E-state index in [1.807, 2.05) is 0 Å². The van der Waals surface area contributed by atoms with Crippen molar-refractivity contribution < 1.29 is 0 Å². The van der Waals surface area contributed by atoms with Gasteiger partial charge in [0.25, 0.3) is 0 Å². The summed E-state index contributed by atoms with van der Waals surface area (Å²) in [7, 11) is 7.20. The van der Waals surface area contributed by atoms with Gasteiger partial charge in [0.1, 0.15) is 0 Å². The summed E-state index contributed by atoms with van der Waals surface area (Å²) in [5.41, 5.74) is 0. The fraction of sp³-hybridized carbons (Fsp3) is 1.00. The van der Waals surface area contributed by atoms with Crippen LogP contribution in [0, 0.1) is 0 Å². The van der Waals surface area contributed by atoms with Crippen LogP contribution in [0.4, 0.5) is 0 Å². The average Bonchev–Trinajstić information content (AvgIpc) is 2.16. The molecular weight excluding hydrogens is 419 g/mol. The molecule has 2 unspecified atom stereocenters. The molecule has 0 saturated carbocycles. The van der Waals surface area contributed by atoms with E-state index in [0.717, 1.165) is 9.16 Å². The zero-order valence-corrected chi connectivity index (χ0v) is 17.1. The van der Waals surface area contributed by atoms with Crippen LogP contribution in [-0.4, -0.2) is 47.1 Å². The summed E-state index contributed by atoms with van der Waals surface area (Å²) >= 11 is 5.29. The molecule has 0 spiro atoms. The predicted octanol–water partition coefficient (Wildman–Crippen LogP) is 4.81. The monoisotopic (exact) mass is 437 g/mol. The molecule has 1 radical (unpaired) electrons. The van der Waals surface area contributed by atoms with Gasteiger partial charge in [-0.1, -0.05) is 0 Å². The first-order valence-corrected chi connectivity index (χ1v) is 22.0. The van der Waals surface area contributed by atoms with Crippen LogP contribution in [0.2, 0.25) is 0 Å². The van der Waals surface area contributed by atoms with Crippen LogP contribution in [0.25, 0.3) is 0 Å². The minimum absolute atomic E-state index is 0.992. The van der Waals surface area contributed by atoms with E-state index in [0.29, 0.717) is 0 Å². The van der Waals surface area contributed by atoms with Gasteiger partial charge in [-0.25, -0.2) is 0 Å². The second-order valence-corrected chi connectivity index (χ2v) is 31.8. The Hall–Kier alpha value is 2.90. The van der Waals surface area contributed by atoms with Crippen LogP contribution >= 0.6 is 62.1 Å². The molecule has 7 heteroatoms. The van der Waals surface area contributed by atoms with Crippen molar-refractivity contribution in [2.45, 2.75) is 28.9 Å². The van der Waals surface area contributed by atoms with Crippen molar-refractivity contribution in [3.63, 3.8) is 0 Å². The molecule has 2 saturated heterocycles. The number of hydrogen-bond donors (Lipinski definition) is 0. The first-order valence-electron chi connectivity index (χ1n) is 5.52. The normalized spacial score (nSPS) is 28.9. The van der Waals surface area contributed by atoms with Gasteiger partial charge in [0.15, 0.2) is 0 Å². The molecule has 0 aliphatic carbocycles. The van der Waals surface area contributed by atoms with Gasteiger partial charge < -0.3 is 0 Å². The Balaban J connectivity index is 1.65. The second-order valence-electron chi connectivity index (χ2n) is 3.42. The summed E-state index contributed by atoms with van der Waals surface area (Å²) < 4.78 is 1.98. The topological polar surface area (TPSA) is 0 Å². The third-order valence-electron chi connectivity index (χ3n) is 2.23. The SMILES string of the molecule is CCSC[S][Sn]([S]C1CCS1)[S]C1CCS1. The van der Waals surface area contributed by atoms with E-state index >= 15 is 0 Å². The molecule has 0 aromatic heterocycles. The van der Waals surface area contributed by atoms with Crippen LogP contribution in [0.1, 0.15) is 19.8 Å². The van der Waals surface area contributed by atoms with E-state index in [9.17, 15) is 0 Å². The first-order chi connectivity index (χ1) is 7.88. The van der Waals surface area contributed by atoms with Crippen LogP contribution < -0.4 is 0 Å². The Kier molecular flexibility index (Phi) is 8.55. The number of rotatable bonds is 8. The number of thioether (sulfide) groups is 3. The van der Waals surface area contributed by atoms with E-state index in [1.165, 1.54) is 35.2 Å². The molecule has 2 aliphatic heterocycles. The zero-order valence-electron chi connectivity index (χ0n) is 9.35. The van der Waals surface area contributed by atoms with Crippen LogP contribution in [0.5, 0.6) is 0 Å². The van der Waals surface area contributed by atoms with E-state index in [4.69, 9.17) is 0 Å². The maximum atomic E-state index is 2.42. The van der Waals surface area contributed by atoms with Gasteiger partial charge in [-0.05, 0) is 0 Å². The Labute approximate surface area is 127 Å². The molecule has 16 heavy (non-hydrogen) atoms. The van der Waals surface area contributed by atoms with Gasteiger partial charge >= 0.3 is 129 Å². The molecular formula is C9H17S6Sn. The molecule has 0 aromatic carbocycles. The maximum absolute atomic E-state index is 2.42. The first kappa shape index (κ1) is 15.3. The summed E-state index contributed by atoms with van der Waals surface area (Å²) in [4.78, 5) is 0. The molecule has 2 heterocycles. The zero-order chi connectivity index (χ0) is 11.2. The van der Waals surface area contributed by atoms with Crippen molar-refractivity contribution in [1.29, 1.82) is 0 Å². The Morgan fingerprint density at radius 1 is 1.12 bits per heavy atom. The Morgan fingerprint density at radius 3 is 2.06 bits per heavy atom. The van der Waals surface area contributed by atoms with E-state index in [-0.39, 0.29) is 0 Å². The predicted molar refractivity (Wildman–Crippen MR) is 93.3 cm³/mol. The van der Waals surface area contributed by atoms with Crippen LogP contribution in [0.3, 0.4) is 0 Å². The number of hydrogen-bond acceptors (Lipinski definition) is 6. The second kappa shape index (κ2) is 8.95. The van der Waals surface area contributed by atoms with Crippen molar-refractivity contribution in [2.75, 3.05) is 22.3 Å². The summed E-state index contributed by atoms with van der Waals surface area (Å²) in [5, 5.41) is 1.36. The quantitative estimate of drug-likeness (QED) is 0.302. The molecule has 0 aromatic rings. The van der Waals surface area contributed by atoms with Gasteiger partial charge in [-0.3, -0.25) is 0 Å². The third kappa shape index (κ3) is 5.49. The van der Waals surface area contributed by atoms with Gasteiger partial charge in [0.05, 0.1) is 0 Å². The fourth-order valence-corrected chi connectivity index (χ4v) is 49.1. The Morgan fingerprint density at radius 2 is 1.69 bits per heavy atom.